The quantitative estimate of drug-likeness (QED) is 0.835. The molecule has 2 amide bonds. The number of sulfone groups is 1. The number of rotatable bonds is 5. The van der Waals surface area contributed by atoms with Gasteiger partial charge in [0.15, 0.2) is 9.84 Å². The van der Waals surface area contributed by atoms with Crippen LogP contribution in [0.15, 0.2) is 28.7 Å². The van der Waals surface area contributed by atoms with E-state index in [1.54, 1.807) is 24.1 Å². The van der Waals surface area contributed by atoms with Crippen LogP contribution >= 0.6 is 15.9 Å². The summed E-state index contributed by atoms with van der Waals surface area (Å²) in [7, 11) is -1.50. The average Bonchev–Trinajstić information content (AvgIpc) is 2.79. The lowest BCUT2D eigenvalue weighted by Gasteiger charge is -2.28. The van der Waals surface area contributed by atoms with Crippen molar-refractivity contribution in [2.24, 2.45) is 0 Å². The molecule has 1 heterocycles. The summed E-state index contributed by atoms with van der Waals surface area (Å²) in [6.07, 6.45) is 0.470. The molecule has 1 atom stereocenters. The average molecular weight is 391 g/mol. The van der Waals surface area contributed by atoms with E-state index in [1.807, 2.05) is 12.1 Å². The van der Waals surface area contributed by atoms with Crippen molar-refractivity contribution in [3.05, 3.63) is 28.7 Å². The monoisotopic (exact) mass is 390 g/mol. The van der Waals surface area contributed by atoms with Crippen LogP contribution in [0.4, 0.5) is 10.5 Å². The number of carbonyl (C=O) groups is 1. The number of hydrogen-bond donors (Lipinski definition) is 1. The second-order valence-corrected chi connectivity index (χ2v) is 8.33. The maximum atomic E-state index is 12.5. The van der Waals surface area contributed by atoms with Gasteiger partial charge in [-0.3, -0.25) is 0 Å². The Labute approximate surface area is 138 Å². The Hall–Kier alpha value is -1.12. The number of carbonyl (C=O) groups excluding carboxylic acids is 1. The molecule has 0 radical (unpaired) electrons. The fourth-order valence-electron chi connectivity index (χ4n) is 2.42. The number of halogens is 1. The van der Waals surface area contributed by atoms with Gasteiger partial charge in [-0.15, -0.1) is 0 Å². The summed E-state index contributed by atoms with van der Waals surface area (Å²) in [6.45, 7) is 0.721. The highest BCUT2D eigenvalue weighted by Gasteiger charge is 2.34. The summed E-state index contributed by atoms with van der Waals surface area (Å²) in [5.41, 5.74) is 0.655. The van der Waals surface area contributed by atoms with Crippen molar-refractivity contribution in [3.63, 3.8) is 0 Å². The number of methoxy groups -OCH3 is 1. The summed E-state index contributed by atoms with van der Waals surface area (Å²) in [5.74, 6) is 0.147. The molecule has 22 heavy (non-hydrogen) atoms. The summed E-state index contributed by atoms with van der Waals surface area (Å²) < 4.78 is 29.2. The molecule has 0 saturated carbocycles. The van der Waals surface area contributed by atoms with Crippen LogP contribution in [0.3, 0.4) is 0 Å². The third-order valence-electron chi connectivity index (χ3n) is 3.52. The number of nitrogens with zero attached hydrogens (tertiary/aromatic N) is 1. The Balaban J connectivity index is 2.09. The third-order valence-corrected chi connectivity index (χ3v) is 5.77. The third kappa shape index (κ3) is 4.69. The SMILES string of the molecule is COCCN(C(=O)Nc1cccc(Br)c1)C1CCS(=O)(=O)C1. The van der Waals surface area contributed by atoms with E-state index in [2.05, 4.69) is 21.2 Å². The largest absolute Gasteiger partial charge is 0.383 e. The smallest absolute Gasteiger partial charge is 0.322 e. The number of anilines is 1. The number of benzene rings is 1. The Morgan fingerprint density at radius 3 is 2.86 bits per heavy atom. The van der Waals surface area contributed by atoms with Gasteiger partial charge in [-0.1, -0.05) is 22.0 Å². The van der Waals surface area contributed by atoms with E-state index in [0.29, 0.717) is 25.3 Å². The van der Waals surface area contributed by atoms with Crippen LogP contribution in [0.2, 0.25) is 0 Å². The molecule has 1 unspecified atom stereocenters. The van der Waals surface area contributed by atoms with Crippen LogP contribution < -0.4 is 5.32 Å². The molecule has 0 spiro atoms. The van der Waals surface area contributed by atoms with Crippen molar-refractivity contribution < 1.29 is 17.9 Å². The maximum Gasteiger partial charge on any atom is 0.322 e. The highest BCUT2D eigenvalue weighted by atomic mass is 79.9. The molecule has 8 heteroatoms. The van der Waals surface area contributed by atoms with Gasteiger partial charge in [0.1, 0.15) is 0 Å². The molecule has 1 saturated heterocycles. The van der Waals surface area contributed by atoms with Gasteiger partial charge in [0.25, 0.3) is 0 Å². The van der Waals surface area contributed by atoms with Gasteiger partial charge in [-0.05, 0) is 24.6 Å². The number of hydrogen-bond acceptors (Lipinski definition) is 4. The van der Waals surface area contributed by atoms with Gasteiger partial charge in [-0.2, -0.15) is 0 Å². The summed E-state index contributed by atoms with van der Waals surface area (Å²) >= 11 is 3.35. The highest BCUT2D eigenvalue weighted by molar-refractivity contribution is 9.10. The number of amides is 2. The topological polar surface area (TPSA) is 75.7 Å². The first-order valence-corrected chi connectivity index (χ1v) is 9.55. The van der Waals surface area contributed by atoms with Gasteiger partial charge < -0.3 is 15.0 Å². The molecule has 1 aliphatic rings. The molecule has 1 aliphatic heterocycles. The Morgan fingerprint density at radius 1 is 1.50 bits per heavy atom. The molecule has 1 aromatic rings. The van der Waals surface area contributed by atoms with Crippen molar-refractivity contribution >= 4 is 37.5 Å². The van der Waals surface area contributed by atoms with E-state index in [0.717, 1.165) is 4.47 Å². The second kappa shape index (κ2) is 7.43. The zero-order valence-corrected chi connectivity index (χ0v) is 14.7. The van der Waals surface area contributed by atoms with E-state index < -0.39 is 9.84 Å². The fraction of sp³-hybridized carbons (Fsp3) is 0.500. The first-order valence-electron chi connectivity index (χ1n) is 6.94. The van der Waals surface area contributed by atoms with Gasteiger partial charge in [0.2, 0.25) is 0 Å². The molecule has 0 aromatic heterocycles. The van der Waals surface area contributed by atoms with Crippen molar-refractivity contribution in [1.82, 2.24) is 4.90 Å². The molecular weight excluding hydrogens is 372 g/mol. The van der Waals surface area contributed by atoms with E-state index in [-0.39, 0.29) is 23.6 Å². The summed E-state index contributed by atoms with van der Waals surface area (Å²) in [5, 5.41) is 2.80. The van der Waals surface area contributed by atoms with Crippen LogP contribution in [0.25, 0.3) is 0 Å². The van der Waals surface area contributed by atoms with Crippen molar-refractivity contribution in [2.45, 2.75) is 12.5 Å². The Kier molecular flexibility index (Phi) is 5.82. The van der Waals surface area contributed by atoms with Crippen LogP contribution in [0.5, 0.6) is 0 Å². The zero-order chi connectivity index (χ0) is 16.2. The standard InChI is InChI=1S/C14H19BrN2O4S/c1-21-7-6-17(13-5-8-22(19,20)10-13)14(18)16-12-4-2-3-11(15)9-12/h2-4,9,13H,5-8,10H2,1H3,(H,16,18). The molecule has 1 N–H and O–H groups in total. The lowest BCUT2D eigenvalue weighted by Crippen LogP contribution is -2.45. The predicted octanol–water partition coefficient (Wildman–Crippen LogP) is 2.12. The molecule has 0 aliphatic carbocycles. The van der Waals surface area contributed by atoms with E-state index in [9.17, 15) is 13.2 Å². The minimum atomic E-state index is -3.05. The first kappa shape index (κ1) is 17.2. The van der Waals surface area contributed by atoms with Gasteiger partial charge in [0, 0.05) is 29.9 Å². The highest BCUT2D eigenvalue weighted by Crippen LogP contribution is 2.20. The van der Waals surface area contributed by atoms with Crippen molar-refractivity contribution in [2.75, 3.05) is 37.1 Å². The van der Waals surface area contributed by atoms with Crippen molar-refractivity contribution in [3.8, 4) is 0 Å². The first-order chi connectivity index (χ1) is 10.4. The number of nitrogens with one attached hydrogen (secondary N) is 1. The summed E-state index contributed by atoms with van der Waals surface area (Å²) in [4.78, 5) is 14.0. The van der Waals surface area contributed by atoms with E-state index >= 15 is 0 Å². The molecule has 2 rings (SSSR count). The van der Waals surface area contributed by atoms with Gasteiger partial charge in [0.05, 0.1) is 18.1 Å². The second-order valence-electron chi connectivity index (χ2n) is 5.18. The maximum absolute atomic E-state index is 12.5. The Bertz CT molecular complexity index is 635. The minimum Gasteiger partial charge on any atom is -0.383 e. The van der Waals surface area contributed by atoms with Gasteiger partial charge in [-0.25, -0.2) is 13.2 Å². The van der Waals surface area contributed by atoms with Crippen LogP contribution in [-0.2, 0) is 14.6 Å². The molecule has 1 fully saturated rings. The van der Waals surface area contributed by atoms with E-state index in [4.69, 9.17) is 4.74 Å². The summed E-state index contributed by atoms with van der Waals surface area (Å²) in [6, 6.07) is 6.64. The molecule has 0 bridgehead atoms. The minimum absolute atomic E-state index is 0.0165. The molecular formula is C14H19BrN2O4S. The normalized spacial score (nSPS) is 19.8. The molecule has 6 nitrogen and oxygen atoms in total. The molecule has 1 aromatic carbocycles. The number of urea groups is 1. The number of ether oxygens (including phenoxy) is 1. The predicted molar refractivity (Wildman–Crippen MR) is 88.8 cm³/mol. The lowest BCUT2D eigenvalue weighted by atomic mass is 10.2. The van der Waals surface area contributed by atoms with Crippen LogP contribution in [0, 0.1) is 0 Å². The fourth-order valence-corrected chi connectivity index (χ4v) is 4.55. The van der Waals surface area contributed by atoms with Gasteiger partial charge >= 0.3 is 6.03 Å². The van der Waals surface area contributed by atoms with Crippen LogP contribution in [-0.4, -0.2) is 57.2 Å². The van der Waals surface area contributed by atoms with E-state index in [1.165, 1.54) is 0 Å². The lowest BCUT2D eigenvalue weighted by molar-refractivity contribution is 0.140. The Morgan fingerprint density at radius 2 is 2.27 bits per heavy atom. The van der Waals surface area contributed by atoms with Crippen molar-refractivity contribution in [1.29, 1.82) is 0 Å². The zero-order valence-electron chi connectivity index (χ0n) is 12.3. The molecule has 122 valence electrons. The van der Waals surface area contributed by atoms with Crippen LogP contribution in [0.1, 0.15) is 6.42 Å².